The summed E-state index contributed by atoms with van der Waals surface area (Å²) in [4.78, 5) is 8.91. The highest BCUT2D eigenvalue weighted by Crippen LogP contribution is 2.31. The number of rotatable bonds is 10. The lowest BCUT2D eigenvalue weighted by atomic mass is 10.2. The van der Waals surface area contributed by atoms with Gasteiger partial charge in [0.25, 0.3) is 0 Å². The van der Waals surface area contributed by atoms with Gasteiger partial charge < -0.3 is 0 Å². The Morgan fingerprint density at radius 2 is 1.18 bits per heavy atom. The van der Waals surface area contributed by atoms with Gasteiger partial charge in [-0.1, -0.05) is 0 Å². The van der Waals surface area contributed by atoms with E-state index in [9.17, 15) is 0 Å². The van der Waals surface area contributed by atoms with E-state index < -0.39 is 0 Å². The fourth-order valence-electron chi connectivity index (χ4n) is 1.92. The van der Waals surface area contributed by atoms with E-state index in [-0.39, 0.29) is 0 Å². The van der Waals surface area contributed by atoms with E-state index in [0.29, 0.717) is 0 Å². The molecule has 0 unspecified atom stereocenters. The standard InChI is InChI=1S/C15H26N2/c1(2-10-16-12-8-14-4-5-14)3-11-17-13-9-15-6-7-15/h12-15H,1-11H2. The third-order valence-corrected chi connectivity index (χ3v) is 3.60. The summed E-state index contributed by atoms with van der Waals surface area (Å²) in [6.07, 6.45) is 16.2. The average Bonchev–Trinajstić information content (AvgIpc) is 3.19. The Balaban J connectivity index is 1.30. The highest BCUT2D eigenvalue weighted by atomic mass is 14.7. The van der Waals surface area contributed by atoms with E-state index >= 15 is 0 Å². The van der Waals surface area contributed by atoms with Crippen LogP contribution in [0.3, 0.4) is 0 Å². The Kier molecular flexibility index (Phi) is 5.74. The van der Waals surface area contributed by atoms with Crippen LogP contribution in [0.15, 0.2) is 9.98 Å². The van der Waals surface area contributed by atoms with Crippen molar-refractivity contribution in [2.45, 2.75) is 57.8 Å². The molecule has 0 bridgehead atoms. The van der Waals surface area contributed by atoms with Gasteiger partial charge >= 0.3 is 0 Å². The van der Waals surface area contributed by atoms with Crippen molar-refractivity contribution >= 4 is 12.4 Å². The van der Waals surface area contributed by atoms with Crippen LogP contribution in [-0.2, 0) is 0 Å². The van der Waals surface area contributed by atoms with Gasteiger partial charge in [-0.2, -0.15) is 0 Å². The zero-order valence-electron chi connectivity index (χ0n) is 11.0. The van der Waals surface area contributed by atoms with E-state index in [1.807, 2.05) is 0 Å². The van der Waals surface area contributed by atoms with E-state index in [4.69, 9.17) is 0 Å². The molecule has 0 aromatic heterocycles. The number of hydrogen-bond donors (Lipinski definition) is 0. The second-order valence-electron chi connectivity index (χ2n) is 5.60. The number of nitrogens with zero attached hydrogens (tertiary/aromatic N) is 2. The first-order valence-electron chi connectivity index (χ1n) is 7.41. The van der Waals surface area contributed by atoms with Crippen molar-refractivity contribution in [2.24, 2.45) is 21.8 Å². The molecule has 0 heterocycles. The van der Waals surface area contributed by atoms with Gasteiger partial charge in [0, 0.05) is 13.1 Å². The predicted molar refractivity (Wildman–Crippen MR) is 75.3 cm³/mol. The van der Waals surface area contributed by atoms with Gasteiger partial charge in [-0.3, -0.25) is 9.98 Å². The molecule has 0 radical (unpaired) electrons. The second kappa shape index (κ2) is 7.62. The van der Waals surface area contributed by atoms with E-state index in [2.05, 4.69) is 22.4 Å². The van der Waals surface area contributed by atoms with Crippen LogP contribution in [0.2, 0.25) is 0 Å². The fourth-order valence-corrected chi connectivity index (χ4v) is 1.92. The largest absolute Gasteiger partial charge is 0.298 e. The molecule has 0 spiro atoms. The first kappa shape index (κ1) is 12.8. The third-order valence-electron chi connectivity index (χ3n) is 3.60. The van der Waals surface area contributed by atoms with Crippen molar-refractivity contribution in [3.63, 3.8) is 0 Å². The van der Waals surface area contributed by atoms with Crippen LogP contribution in [-0.4, -0.2) is 25.5 Å². The molecule has 0 aliphatic heterocycles. The molecule has 2 fully saturated rings. The van der Waals surface area contributed by atoms with Gasteiger partial charge in [0.2, 0.25) is 0 Å². The van der Waals surface area contributed by atoms with Gasteiger partial charge in [0.05, 0.1) is 0 Å². The molecule has 0 aromatic carbocycles. The molecule has 0 atom stereocenters. The Morgan fingerprint density at radius 1 is 0.706 bits per heavy atom. The molecule has 0 amide bonds. The molecule has 17 heavy (non-hydrogen) atoms. The highest BCUT2D eigenvalue weighted by molar-refractivity contribution is 5.58. The lowest BCUT2D eigenvalue weighted by molar-refractivity contribution is 0.695. The minimum Gasteiger partial charge on any atom is -0.298 e. The van der Waals surface area contributed by atoms with Crippen molar-refractivity contribution in [3.05, 3.63) is 0 Å². The molecule has 2 heteroatoms. The Hall–Kier alpha value is -0.660. The summed E-state index contributed by atoms with van der Waals surface area (Å²) in [6.45, 7) is 2.05. The lowest BCUT2D eigenvalue weighted by Crippen LogP contribution is -1.88. The maximum absolute atomic E-state index is 4.45. The van der Waals surface area contributed by atoms with Gasteiger partial charge in [0.15, 0.2) is 0 Å². The Bertz CT molecular complexity index is 224. The molecule has 2 aliphatic rings. The van der Waals surface area contributed by atoms with Crippen molar-refractivity contribution in [1.29, 1.82) is 0 Å². The summed E-state index contributed by atoms with van der Waals surface area (Å²) in [5.41, 5.74) is 0. The molecule has 2 rings (SSSR count). The van der Waals surface area contributed by atoms with Crippen LogP contribution in [0.25, 0.3) is 0 Å². The van der Waals surface area contributed by atoms with E-state index in [1.165, 1.54) is 57.8 Å². The molecule has 2 aliphatic carbocycles. The summed E-state index contributed by atoms with van der Waals surface area (Å²) in [5, 5.41) is 0. The monoisotopic (exact) mass is 234 g/mol. The SMILES string of the molecule is C(CC1CC1)=NCCCCCN=CCC1CC1. The van der Waals surface area contributed by atoms with Crippen molar-refractivity contribution in [2.75, 3.05) is 13.1 Å². The topological polar surface area (TPSA) is 24.7 Å². The first-order chi connectivity index (χ1) is 8.45. The average molecular weight is 234 g/mol. The second-order valence-corrected chi connectivity index (χ2v) is 5.60. The summed E-state index contributed by atoms with van der Waals surface area (Å²) in [5.74, 6) is 1.97. The summed E-state index contributed by atoms with van der Waals surface area (Å²) >= 11 is 0. The maximum Gasteiger partial charge on any atom is 0.0385 e. The maximum atomic E-state index is 4.45. The molecule has 0 saturated heterocycles. The molecule has 96 valence electrons. The smallest absolute Gasteiger partial charge is 0.0385 e. The number of hydrogen-bond acceptors (Lipinski definition) is 2. The van der Waals surface area contributed by atoms with Gasteiger partial charge in [-0.15, -0.1) is 0 Å². The molecule has 0 N–H and O–H groups in total. The molecule has 0 aromatic rings. The fraction of sp³-hybridized carbons (Fsp3) is 0.867. The van der Waals surface area contributed by atoms with Gasteiger partial charge in [-0.25, -0.2) is 0 Å². The minimum absolute atomic E-state index is 0.986. The van der Waals surface area contributed by atoms with E-state index in [1.54, 1.807) is 0 Å². The molecular formula is C15H26N2. The minimum atomic E-state index is 0.986. The van der Waals surface area contributed by atoms with Gasteiger partial charge in [0.1, 0.15) is 0 Å². The van der Waals surface area contributed by atoms with Crippen LogP contribution in [0.5, 0.6) is 0 Å². The zero-order chi connectivity index (χ0) is 11.8. The third kappa shape index (κ3) is 7.30. The molecule has 2 nitrogen and oxygen atoms in total. The summed E-state index contributed by atoms with van der Waals surface area (Å²) in [7, 11) is 0. The molecule has 2 saturated carbocycles. The van der Waals surface area contributed by atoms with Crippen LogP contribution in [0, 0.1) is 11.8 Å². The first-order valence-corrected chi connectivity index (χ1v) is 7.41. The Labute approximate surface area is 106 Å². The van der Waals surface area contributed by atoms with Crippen LogP contribution in [0.1, 0.15) is 57.8 Å². The summed E-state index contributed by atoms with van der Waals surface area (Å²) in [6, 6.07) is 0. The quantitative estimate of drug-likeness (QED) is 0.404. The number of unbranched alkanes of at least 4 members (excludes halogenated alkanes) is 2. The van der Waals surface area contributed by atoms with Crippen molar-refractivity contribution in [3.8, 4) is 0 Å². The number of aliphatic imine (C=N–C) groups is 2. The van der Waals surface area contributed by atoms with Crippen LogP contribution in [0.4, 0.5) is 0 Å². The normalized spacial score (nSPS) is 20.7. The highest BCUT2D eigenvalue weighted by Gasteiger charge is 2.19. The molecular weight excluding hydrogens is 208 g/mol. The van der Waals surface area contributed by atoms with E-state index in [0.717, 1.165) is 24.9 Å². The van der Waals surface area contributed by atoms with Crippen molar-refractivity contribution in [1.82, 2.24) is 0 Å². The van der Waals surface area contributed by atoms with Crippen LogP contribution >= 0.6 is 0 Å². The Morgan fingerprint density at radius 3 is 1.59 bits per heavy atom. The van der Waals surface area contributed by atoms with Crippen LogP contribution < -0.4 is 0 Å². The summed E-state index contributed by atoms with van der Waals surface area (Å²) < 4.78 is 0. The lowest BCUT2D eigenvalue weighted by Gasteiger charge is -1.95. The predicted octanol–water partition coefficient (Wildman–Crippen LogP) is 3.90. The van der Waals surface area contributed by atoms with Crippen molar-refractivity contribution < 1.29 is 0 Å². The zero-order valence-corrected chi connectivity index (χ0v) is 11.0. The van der Waals surface area contributed by atoms with Gasteiger partial charge in [-0.05, 0) is 82.1 Å².